The van der Waals surface area contributed by atoms with Gasteiger partial charge in [-0.3, -0.25) is 0 Å². The van der Waals surface area contributed by atoms with Crippen molar-refractivity contribution >= 4 is 0 Å². The fourth-order valence-corrected chi connectivity index (χ4v) is 3.12. The molecule has 0 aliphatic rings. The minimum absolute atomic E-state index is 0.183. The first kappa shape index (κ1) is 18.2. The van der Waals surface area contributed by atoms with Crippen molar-refractivity contribution < 1.29 is 5.11 Å². The van der Waals surface area contributed by atoms with Gasteiger partial charge in [0.2, 0.25) is 0 Å². The van der Waals surface area contributed by atoms with Crippen molar-refractivity contribution in [3.05, 3.63) is 35.9 Å². The Bertz CT molecular complexity index is 333. The Morgan fingerprint density at radius 1 is 0.810 bits per heavy atom. The van der Waals surface area contributed by atoms with Crippen molar-refractivity contribution in [2.45, 2.75) is 90.1 Å². The van der Waals surface area contributed by atoms with E-state index in [0.29, 0.717) is 5.92 Å². The molecule has 0 aliphatic carbocycles. The molecule has 0 aliphatic heterocycles. The topological polar surface area (TPSA) is 20.2 Å². The summed E-state index contributed by atoms with van der Waals surface area (Å²) in [6.07, 6.45) is 12.4. The van der Waals surface area contributed by atoms with Crippen LogP contribution in [0.25, 0.3) is 0 Å². The van der Waals surface area contributed by atoms with Crippen LogP contribution in [-0.4, -0.2) is 11.2 Å². The highest BCUT2D eigenvalue weighted by molar-refractivity contribution is 5.20. The molecule has 1 heteroatoms. The predicted octanol–water partition coefficient (Wildman–Crippen LogP) is 6.07. The minimum Gasteiger partial charge on any atom is -0.392 e. The number of aliphatic hydroxyl groups excluding tert-OH is 1. The zero-order valence-electron chi connectivity index (χ0n) is 14.1. The van der Waals surface area contributed by atoms with Crippen LogP contribution in [0.2, 0.25) is 0 Å². The second kappa shape index (κ2) is 11.8. The molecule has 1 aromatic carbocycles. The Morgan fingerprint density at radius 2 is 1.38 bits per heavy atom. The van der Waals surface area contributed by atoms with E-state index in [1.807, 2.05) is 6.07 Å². The van der Waals surface area contributed by atoms with Crippen LogP contribution >= 0.6 is 0 Å². The van der Waals surface area contributed by atoms with Crippen LogP contribution in [-0.2, 0) is 0 Å². The molecule has 120 valence electrons. The zero-order chi connectivity index (χ0) is 15.3. The lowest BCUT2D eigenvalue weighted by atomic mass is 9.88. The van der Waals surface area contributed by atoms with E-state index >= 15 is 0 Å². The van der Waals surface area contributed by atoms with Crippen LogP contribution < -0.4 is 0 Å². The van der Waals surface area contributed by atoms with Crippen LogP contribution in [0, 0.1) is 0 Å². The van der Waals surface area contributed by atoms with Crippen LogP contribution in [0.3, 0.4) is 0 Å². The Kier molecular flexibility index (Phi) is 10.2. The molecule has 1 N–H and O–H groups in total. The van der Waals surface area contributed by atoms with E-state index < -0.39 is 0 Å². The summed E-state index contributed by atoms with van der Waals surface area (Å²) in [7, 11) is 0. The van der Waals surface area contributed by atoms with Gasteiger partial charge in [0.1, 0.15) is 0 Å². The van der Waals surface area contributed by atoms with Crippen LogP contribution in [0.4, 0.5) is 0 Å². The van der Waals surface area contributed by atoms with E-state index in [-0.39, 0.29) is 6.10 Å². The third-order valence-electron chi connectivity index (χ3n) is 4.49. The van der Waals surface area contributed by atoms with Crippen molar-refractivity contribution in [2.75, 3.05) is 0 Å². The molecule has 2 unspecified atom stereocenters. The number of rotatable bonds is 12. The number of unbranched alkanes of at least 4 members (excludes halogenated alkanes) is 7. The Hall–Kier alpha value is -0.820. The van der Waals surface area contributed by atoms with Gasteiger partial charge in [-0.05, 0) is 18.4 Å². The number of hydrogen-bond acceptors (Lipinski definition) is 1. The van der Waals surface area contributed by atoms with E-state index in [1.54, 1.807) is 0 Å². The lowest BCUT2D eigenvalue weighted by Crippen LogP contribution is -2.17. The highest BCUT2D eigenvalue weighted by Gasteiger charge is 2.18. The highest BCUT2D eigenvalue weighted by Crippen LogP contribution is 2.26. The lowest BCUT2D eigenvalue weighted by Gasteiger charge is -2.22. The summed E-state index contributed by atoms with van der Waals surface area (Å²) in [6.45, 7) is 4.44. The average molecular weight is 290 g/mol. The number of aliphatic hydroxyl groups is 1. The molecule has 0 bridgehead atoms. The standard InChI is InChI=1S/C20H34O/c1-3-5-6-7-8-9-10-14-17-20(21)19(4-2)18-15-12-11-13-16-18/h11-13,15-16,19-21H,3-10,14,17H2,1-2H3. The van der Waals surface area contributed by atoms with Crippen molar-refractivity contribution in [1.82, 2.24) is 0 Å². The maximum atomic E-state index is 10.4. The number of benzene rings is 1. The SMILES string of the molecule is CCCCCCCCCCC(O)C(CC)c1ccccc1. The molecular weight excluding hydrogens is 256 g/mol. The molecule has 0 spiro atoms. The first-order valence-electron chi connectivity index (χ1n) is 9.02. The van der Waals surface area contributed by atoms with Gasteiger partial charge in [-0.15, -0.1) is 0 Å². The van der Waals surface area contributed by atoms with Crippen molar-refractivity contribution in [2.24, 2.45) is 0 Å². The lowest BCUT2D eigenvalue weighted by molar-refractivity contribution is 0.127. The zero-order valence-corrected chi connectivity index (χ0v) is 14.1. The van der Waals surface area contributed by atoms with Gasteiger partial charge in [-0.2, -0.15) is 0 Å². The summed E-state index contributed by atoms with van der Waals surface area (Å²) < 4.78 is 0. The summed E-state index contributed by atoms with van der Waals surface area (Å²) in [5, 5.41) is 10.4. The quantitative estimate of drug-likeness (QED) is 0.463. The molecule has 1 aromatic rings. The normalized spacial score (nSPS) is 14.0. The largest absolute Gasteiger partial charge is 0.392 e. The second-order valence-corrected chi connectivity index (χ2v) is 6.26. The third-order valence-corrected chi connectivity index (χ3v) is 4.49. The van der Waals surface area contributed by atoms with Gasteiger partial charge in [0.25, 0.3) is 0 Å². The van der Waals surface area contributed by atoms with Crippen molar-refractivity contribution in [3.63, 3.8) is 0 Å². The molecule has 1 rings (SSSR count). The Balaban J connectivity index is 2.16. The third kappa shape index (κ3) is 7.66. The van der Waals surface area contributed by atoms with Gasteiger partial charge in [-0.25, -0.2) is 0 Å². The Morgan fingerprint density at radius 3 is 1.95 bits per heavy atom. The molecule has 0 aromatic heterocycles. The minimum atomic E-state index is -0.183. The predicted molar refractivity (Wildman–Crippen MR) is 92.7 cm³/mol. The first-order chi connectivity index (χ1) is 10.3. The summed E-state index contributed by atoms with van der Waals surface area (Å²) in [5.41, 5.74) is 1.28. The van der Waals surface area contributed by atoms with E-state index in [4.69, 9.17) is 0 Å². The van der Waals surface area contributed by atoms with Gasteiger partial charge in [0.05, 0.1) is 6.10 Å². The molecule has 0 fully saturated rings. The first-order valence-corrected chi connectivity index (χ1v) is 9.02. The number of hydrogen-bond donors (Lipinski definition) is 1. The molecular formula is C20H34O. The molecule has 21 heavy (non-hydrogen) atoms. The highest BCUT2D eigenvalue weighted by atomic mass is 16.3. The second-order valence-electron chi connectivity index (χ2n) is 6.26. The molecule has 1 nitrogen and oxygen atoms in total. The van der Waals surface area contributed by atoms with Crippen molar-refractivity contribution in [1.29, 1.82) is 0 Å². The molecule has 0 saturated heterocycles. The van der Waals surface area contributed by atoms with Gasteiger partial charge in [-0.1, -0.05) is 95.5 Å². The van der Waals surface area contributed by atoms with Gasteiger partial charge in [0.15, 0.2) is 0 Å². The van der Waals surface area contributed by atoms with E-state index in [0.717, 1.165) is 19.3 Å². The van der Waals surface area contributed by atoms with Crippen LogP contribution in [0.5, 0.6) is 0 Å². The van der Waals surface area contributed by atoms with E-state index in [1.165, 1.54) is 50.5 Å². The molecule has 0 amide bonds. The van der Waals surface area contributed by atoms with Gasteiger partial charge in [0, 0.05) is 5.92 Å². The van der Waals surface area contributed by atoms with Crippen molar-refractivity contribution in [3.8, 4) is 0 Å². The average Bonchev–Trinajstić information content (AvgIpc) is 2.52. The van der Waals surface area contributed by atoms with Crippen LogP contribution in [0.15, 0.2) is 30.3 Å². The monoisotopic (exact) mass is 290 g/mol. The van der Waals surface area contributed by atoms with E-state index in [2.05, 4.69) is 38.1 Å². The van der Waals surface area contributed by atoms with E-state index in [9.17, 15) is 5.11 Å². The molecule has 0 saturated carbocycles. The summed E-state index contributed by atoms with van der Waals surface area (Å²) in [5.74, 6) is 0.302. The summed E-state index contributed by atoms with van der Waals surface area (Å²) in [4.78, 5) is 0. The molecule has 0 heterocycles. The smallest absolute Gasteiger partial charge is 0.0608 e. The maximum Gasteiger partial charge on any atom is 0.0608 e. The summed E-state index contributed by atoms with van der Waals surface area (Å²) in [6, 6.07) is 10.5. The summed E-state index contributed by atoms with van der Waals surface area (Å²) >= 11 is 0. The Labute approximate surface area is 131 Å². The maximum absolute atomic E-state index is 10.4. The fraction of sp³-hybridized carbons (Fsp3) is 0.700. The van der Waals surface area contributed by atoms with Crippen LogP contribution in [0.1, 0.15) is 89.5 Å². The van der Waals surface area contributed by atoms with Gasteiger partial charge < -0.3 is 5.11 Å². The molecule has 0 radical (unpaired) electrons. The molecule has 2 atom stereocenters. The van der Waals surface area contributed by atoms with Gasteiger partial charge >= 0.3 is 0 Å². The fourth-order valence-electron chi connectivity index (χ4n) is 3.12.